The van der Waals surface area contributed by atoms with Crippen LogP contribution in [0.15, 0.2) is 84.6 Å². The van der Waals surface area contributed by atoms with Crippen molar-refractivity contribution in [2.45, 2.75) is 156 Å². The number of halogens is 6. The van der Waals surface area contributed by atoms with Crippen LogP contribution in [-0.2, 0) is 93.0 Å². The van der Waals surface area contributed by atoms with Gasteiger partial charge in [0.2, 0.25) is 18.0 Å². The van der Waals surface area contributed by atoms with Crippen molar-refractivity contribution in [3.63, 3.8) is 0 Å². The Balaban J connectivity index is 0.000000105. The standard InChI is InChI=1S/C21H19F3N6O2.C21H27N7O2.C20H20F3N5O2.C20H23N5O2S.C18H20N8O2/c22-21(23,24)16-20-26-15-18(29-4-7-31-8-5-29)27-17(28-19(15)30(20)6-9-32-16)13-3-1-2-12-10-25-11-14(12)13;1-12-10-27(11-13(2)30-12)18-16-19(28-6-7-29-21(4,5)20(28)24-16)26-17(25-18)15-8-22-14(3)23-9-15;1-12-3-2-4-13(11-12)16-25-17(27-5-8-29-9-6-27)14-18(26-16)28-7-10-30-15(19(28)24-14)20(21,22)23;1-12-21-10-13(11-22-12)18-23-15-14-4-7-27-20(2,3)17(14)28-16(15)19(24-18)25-5-8-26-9-6-25;1-11-19-9-12(10-20-11)14-22-15(25-5-7-28-8-6-25)13-16(23-14)26-4-3-24(2)18(27)17(26)21-13/h1-3,11,16H,4-10H2;8-9,12-13H,6-7,10-11H2,1-5H3;2-4,11,15H,5-10H2,1H3;10-11H,4-9H2,1-3H3;9-10H,3-8H2,1-2H3/t;12-,13+;;;. The van der Waals surface area contributed by atoms with E-state index in [1.165, 1.54) is 19.6 Å². The maximum absolute atomic E-state index is 13.6. The van der Waals surface area contributed by atoms with Crippen molar-refractivity contribution in [1.29, 1.82) is 0 Å². The monoisotopic (exact) mass is 2050 g/mol. The lowest BCUT2D eigenvalue weighted by molar-refractivity contribution is -0.233. The summed E-state index contributed by atoms with van der Waals surface area (Å²) in [6.07, 6.45) is 0.237. The van der Waals surface area contributed by atoms with Crippen LogP contribution in [0.2, 0.25) is 0 Å². The zero-order chi connectivity index (χ0) is 102. The van der Waals surface area contributed by atoms with Crippen molar-refractivity contribution in [3.05, 3.63) is 148 Å². The van der Waals surface area contributed by atoms with Crippen molar-refractivity contribution in [3.8, 4) is 56.9 Å². The Bertz CT molecular complexity index is 7540. The summed E-state index contributed by atoms with van der Waals surface area (Å²) in [6, 6.07) is 13.6. The van der Waals surface area contributed by atoms with Gasteiger partial charge < -0.3 is 90.3 Å². The zero-order valence-electron chi connectivity index (χ0n) is 83.5. The van der Waals surface area contributed by atoms with Gasteiger partial charge in [0.05, 0.1) is 131 Å². The third-order valence-electron chi connectivity index (χ3n) is 27.4. The van der Waals surface area contributed by atoms with E-state index in [4.69, 9.17) is 92.5 Å². The molecule has 148 heavy (non-hydrogen) atoms. The van der Waals surface area contributed by atoms with Gasteiger partial charge >= 0.3 is 12.4 Å². The van der Waals surface area contributed by atoms with E-state index in [-0.39, 0.29) is 61.7 Å². The number of aliphatic imine (C=N–C) groups is 1. The second kappa shape index (κ2) is 40.4. The summed E-state index contributed by atoms with van der Waals surface area (Å²) in [4.78, 5) is 123. The van der Waals surface area contributed by atoms with Crippen LogP contribution in [0.5, 0.6) is 0 Å². The van der Waals surface area contributed by atoms with Gasteiger partial charge in [0.15, 0.2) is 103 Å². The number of hydrogen-bond donors (Lipinski definition) is 0. The number of carbonyl (C=O) groups excluding carboxylic acids is 1. The van der Waals surface area contributed by atoms with Gasteiger partial charge in [-0.2, -0.15) is 26.3 Å². The number of imidazole rings is 4. The lowest BCUT2D eigenvalue weighted by Gasteiger charge is -2.36. The molecule has 0 radical (unpaired) electrons. The fourth-order valence-corrected chi connectivity index (χ4v) is 21.4. The third kappa shape index (κ3) is 19.6. The lowest BCUT2D eigenvalue weighted by atomic mass is 9.97. The topological polar surface area (TPSA) is 409 Å². The molecule has 0 spiro atoms. The number of nitrogens with zero attached hydrogens (tertiary/aromatic N) is 31. The first kappa shape index (κ1) is 98.9. The number of morpholine rings is 5. The molecule has 13 aromatic heterocycles. The molecule has 0 aliphatic carbocycles. The average Bonchev–Trinajstić information content (AvgIpc) is 1.61. The highest BCUT2D eigenvalue weighted by molar-refractivity contribution is 7.20. The average molecular weight is 2050 g/mol. The maximum Gasteiger partial charge on any atom is 0.421 e. The van der Waals surface area contributed by atoms with Crippen LogP contribution in [-0.4, -0.2) is 318 Å². The Morgan fingerprint density at radius 2 is 0.845 bits per heavy atom. The molecule has 0 N–H and O–H groups in total. The first-order valence-corrected chi connectivity index (χ1v) is 50.3. The quantitative estimate of drug-likeness (QED) is 0.115. The lowest BCUT2D eigenvalue weighted by Crippen LogP contribution is -2.46. The number of hydrogen-bond acceptors (Lipinski definition) is 37. The van der Waals surface area contributed by atoms with Crippen molar-refractivity contribution in [2.75, 3.05) is 183 Å². The minimum absolute atomic E-state index is 0.0562. The molecule has 5 saturated heterocycles. The van der Waals surface area contributed by atoms with E-state index >= 15 is 0 Å². The summed E-state index contributed by atoms with van der Waals surface area (Å²) in [7, 11) is 1.79. The number of aryl methyl sites for hydroxylation is 4. The van der Waals surface area contributed by atoms with Crippen molar-refractivity contribution in [2.24, 2.45) is 4.99 Å². The number of likely N-dealkylation sites (N-methyl/N-ethyl adjacent to an activating group) is 1. The number of anilines is 5. The van der Waals surface area contributed by atoms with E-state index in [9.17, 15) is 31.1 Å². The number of carbonyl (C=O) groups is 1. The Morgan fingerprint density at radius 1 is 0.412 bits per heavy atom. The Hall–Kier alpha value is -13.7. The Kier molecular flexibility index (Phi) is 27.0. The van der Waals surface area contributed by atoms with E-state index in [0.29, 0.717) is 217 Å². The molecule has 11 aliphatic rings. The van der Waals surface area contributed by atoms with Gasteiger partial charge in [-0.3, -0.25) is 9.79 Å². The van der Waals surface area contributed by atoms with Crippen molar-refractivity contribution >= 4 is 107 Å². The summed E-state index contributed by atoms with van der Waals surface area (Å²) < 4.78 is 140. The molecule has 11 aliphatic heterocycles. The largest absolute Gasteiger partial charge is 0.421 e. The molecule has 2 unspecified atom stereocenters. The number of benzene rings is 2. The van der Waals surface area contributed by atoms with E-state index in [2.05, 4.69) is 102 Å². The SMILES string of the molecule is Cc1cccc(-c2nc(N3CCOCC3)c3nc4n(c3n2)CCOC4C(F)(F)F)c1.Cc1ncc(-c2nc(N3CCOCC3)c3nc4n(c3n2)CCN(C)C4=O)cn1.Cc1ncc(-c2nc(N3CCOCC3)c3sc4c(c3n2)CCOC4(C)C)cn1.Cc1ncc(-c2nc(N3C[C@@H](C)O[C@@H](C)C3)c3nc4n(c3n2)CCOC4(C)C)cn1.FC(F)(F)C1OCCn2c1nc1c(N3CCOCC3)nc(-c3cccc4c3C=NC4)nc12. The predicted molar refractivity (Wildman–Crippen MR) is 535 cm³/mol. The van der Waals surface area contributed by atoms with Crippen LogP contribution in [0.3, 0.4) is 0 Å². The second-order valence-electron chi connectivity index (χ2n) is 38.7. The highest BCUT2D eigenvalue weighted by atomic mass is 32.1. The van der Waals surface area contributed by atoms with Crippen molar-refractivity contribution < 1.29 is 73.8 Å². The fraction of sp³-hybridized carbons (Fsp3) is 0.480. The normalized spacial score (nSPS) is 20.1. The van der Waals surface area contributed by atoms with E-state index < -0.39 is 30.2 Å². The zero-order valence-corrected chi connectivity index (χ0v) is 84.3. The summed E-state index contributed by atoms with van der Waals surface area (Å²) >= 11 is 1.77. The van der Waals surface area contributed by atoms with Crippen LogP contribution in [0.1, 0.15) is 126 Å². The molecule has 2 aromatic carbocycles. The second-order valence-corrected chi connectivity index (χ2v) is 39.7. The molecule has 1 amide bonds. The number of amides is 1. The molecule has 4 atom stereocenters. The molecule has 41 nitrogen and oxygen atoms in total. The van der Waals surface area contributed by atoms with E-state index in [1.807, 2.05) is 98.4 Å². The third-order valence-corrected chi connectivity index (χ3v) is 28.9. The molecule has 15 aromatic rings. The number of alkyl halides is 6. The summed E-state index contributed by atoms with van der Waals surface area (Å²) in [6.45, 7) is 36.0. The summed E-state index contributed by atoms with van der Waals surface area (Å²) in [5.41, 5.74) is 13.0. The Morgan fingerprint density at radius 3 is 1.36 bits per heavy atom. The summed E-state index contributed by atoms with van der Waals surface area (Å²) in [5, 5.41) is 0. The minimum Gasteiger partial charge on any atom is -0.378 e. The number of aromatic nitrogens is 24. The number of fused-ring (bicyclic) bond motifs is 16. The fourth-order valence-electron chi connectivity index (χ4n) is 20.0. The van der Waals surface area contributed by atoms with Crippen molar-refractivity contribution in [1.82, 2.24) is 123 Å². The minimum atomic E-state index is -4.56. The van der Waals surface area contributed by atoms with Gasteiger partial charge in [-0.25, -0.2) is 99.7 Å². The molecule has 48 heteroatoms. The van der Waals surface area contributed by atoms with Crippen LogP contribution in [0.4, 0.5) is 55.4 Å². The number of rotatable bonds is 10. The molecule has 24 heterocycles. The van der Waals surface area contributed by atoms with Gasteiger partial charge in [0, 0.05) is 170 Å². The van der Waals surface area contributed by atoms with Gasteiger partial charge in [-0.15, -0.1) is 11.3 Å². The highest BCUT2D eigenvalue weighted by Gasteiger charge is 2.50. The summed E-state index contributed by atoms with van der Waals surface area (Å²) in [5.74, 6) is 9.30. The number of ether oxygens (including phenoxy) is 9. The van der Waals surface area contributed by atoms with E-state index in [0.717, 1.165) is 133 Å². The van der Waals surface area contributed by atoms with Crippen LogP contribution < -0.4 is 24.5 Å². The number of thiophene rings is 1. The molecule has 5 fully saturated rings. The smallest absolute Gasteiger partial charge is 0.378 e. The maximum atomic E-state index is 13.6. The van der Waals surface area contributed by atoms with Crippen LogP contribution >= 0.6 is 11.3 Å². The van der Waals surface area contributed by atoms with Crippen LogP contribution in [0.25, 0.3) is 112 Å². The van der Waals surface area contributed by atoms with Gasteiger partial charge in [-0.05, 0) is 92.9 Å². The molecule has 26 rings (SSSR count). The van der Waals surface area contributed by atoms with Gasteiger partial charge in [0.25, 0.3) is 5.91 Å². The highest BCUT2D eigenvalue weighted by Crippen LogP contribution is 2.49. The molecule has 0 saturated carbocycles. The molecular formula is C100H109F6N31O10S. The first-order valence-electron chi connectivity index (χ1n) is 49.5. The molecule has 0 bridgehead atoms. The molecule has 772 valence electrons. The first-order chi connectivity index (χ1) is 71.4. The van der Waals surface area contributed by atoms with E-state index in [1.54, 1.807) is 66.7 Å². The molecular weight excluding hydrogens is 1940 g/mol. The van der Waals surface area contributed by atoms with Gasteiger partial charge in [-0.1, -0.05) is 42.0 Å². The Labute approximate surface area is 848 Å². The van der Waals surface area contributed by atoms with Gasteiger partial charge in [0.1, 0.15) is 40.5 Å². The predicted octanol–water partition coefficient (Wildman–Crippen LogP) is 12.3. The van der Waals surface area contributed by atoms with Crippen LogP contribution in [0, 0.1) is 27.7 Å².